The molecule has 0 aliphatic carbocycles. The molecule has 3 fully saturated rings. The van der Waals surface area contributed by atoms with Crippen molar-refractivity contribution in [3.63, 3.8) is 0 Å². The number of ether oxygens (including phenoxy) is 4. The molecule has 0 aromatic carbocycles. The Morgan fingerprint density at radius 2 is 1.26 bits per heavy atom. The van der Waals surface area contributed by atoms with Crippen LogP contribution in [0.25, 0.3) is 0 Å². The molecule has 3 heterocycles. The van der Waals surface area contributed by atoms with E-state index in [4.69, 9.17) is 39.4 Å². The van der Waals surface area contributed by atoms with Gasteiger partial charge in [0.15, 0.2) is 12.6 Å². The van der Waals surface area contributed by atoms with Crippen LogP contribution in [0.2, 0.25) is 0 Å². The summed E-state index contributed by atoms with van der Waals surface area (Å²) in [6.07, 6.45) is -13.7. The molecule has 0 radical (unpaired) electrons. The molecular weight excluding hydrogens is 472 g/mol. The maximum absolute atomic E-state index is 9.92. The van der Waals surface area contributed by atoms with Gasteiger partial charge in [-0.3, -0.25) is 0 Å². The second kappa shape index (κ2) is 15.5. The molecule has 0 amide bonds. The van der Waals surface area contributed by atoms with E-state index < -0.39 is 80.7 Å². The SMILES string of the molecule is O.O.OCC1C[C@H](O)C(O)CO1.OCC1O[C@@H](O[C@H]2C(O)C[C@H](O)O[C@H]2CO)C(O)[C@@H](O)[C@@H]1O. The Morgan fingerprint density at radius 1 is 0.647 bits per heavy atom. The molecule has 206 valence electrons. The highest BCUT2D eigenvalue weighted by molar-refractivity contribution is 4.91. The van der Waals surface area contributed by atoms with Gasteiger partial charge in [-0.05, 0) is 0 Å². The third kappa shape index (κ3) is 8.49. The molecule has 3 saturated heterocycles. The number of rotatable bonds is 5. The predicted molar refractivity (Wildman–Crippen MR) is 108 cm³/mol. The second-order valence-electron chi connectivity index (χ2n) is 7.92. The summed E-state index contributed by atoms with van der Waals surface area (Å²) in [5.74, 6) is 0. The van der Waals surface area contributed by atoms with Gasteiger partial charge >= 0.3 is 0 Å². The van der Waals surface area contributed by atoms with Gasteiger partial charge in [0.25, 0.3) is 0 Å². The largest absolute Gasteiger partial charge is 0.412 e. The fraction of sp³-hybridized carbons (Fsp3) is 1.00. The van der Waals surface area contributed by atoms with Crippen LogP contribution in [-0.2, 0) is 18.9 Å². The number of hydrogen-bond acceptors (Lipinski definition) is 14. The van der Waals surface area contributed by atoms with Crippen LogP contribution >= 0.6 is 0 Å². The Hall–Kier alpha value is -0.640. The summed E-state index contributed by atoms with van der Waals surface area (Å²) in [7, 11) is 0. The van der Waals surface area contributed by atoms with Crippen LogP contribution in [0.5, 0.6) is 0 Å². The van der Waals surface area contributed by atoms with Gasteiger partial charge in [-0.25, -0.2) is 0 Å². The number of aliphatic hydroxyl groups is 10. The first-order valence-electron chi connectivity index (χ1n) is 10.3. The lowest BCUT2D eigenvalue weighted by molar-refractivity contribution is -0.342. The lowest BCUT2D eigenvalue weighted by atomic mass is 9.98. The maximum atomic E-state index is 9.92. The summed E-state index contributed by atoms with van der Waals surface area (Å²) in [5.41, 5.74) is 0. The second-order valence-corrected chi connectivity index (χ2v) is 7.92. The molecule has 14 N–H and O–H groups in total. The normalized spacial score (nSPS) is 44.6. The van der Waals surface area contributed by atoms with E-state index in [0.29, 0.717) is 6.42 Å². The van der Waals surface area contributed by atoms with Crippen molar-refractivity contribution in [2.75, 3.05) is 26.4 Å². The Balaban J connectivity index is 0.000000770. The first kappa shape index (κ1) is 33.4. The van der Waals surface area contributed by atoms with Crippen LogP contribution in [0.4, 0.5) is 0 Å². The van der Waals surface area contributed by atoms with Gasteiger partial charge in [-0.2, -0.15) is 0 Å². The fourth-order valence-electron chi connectivity index (χ4n) is 3.55. The summed E-state index contributed by atoms with van der Waals surface area (Å²) in [4.78, 5) is 0. The van der Waals surface area contributed by atoms with Crippen molar-refractivity contribution >= 4 is 0 Å². The molecule has 34 heavy (non-hydrogen) atoms. The first-order chi connectivity index (χ1) is 15.1. The van der Waals surface area contributed by atoms with E-state index in [1.54, 1.807) is 0 Å². The van der Waals surface area contributed by atoms with Crippen molar-refractivity contribution in [3.05, 3.63) is 0 Å². The third-order valence-electron chi connectivity index (χ3n) is 5.50. The Labute approximate surface area is 194 Å². The quantitative estimate of drug-likeness (QED) is 0.164. The zero-order chi connectivity index (χ0) is 24.0. The molecule has 16 heteroatoms. The average molecular weight is 510 g/mol. The molecule has 0 saturated carbocycles. The molecule has 0 bridgehead atoms. The van der Waals surface area contributed by atoms with Crippen LogP contribution < -0.4 is 0 Å². The summed E-state index contributed by atoms with van der Waals surface area (Å²) in [5, 5.41) is 93.4. The van der Waals surface area contributed by atoms with E-state index in [9.17, 15) is 30.6 Å². The highest BCUT2D eigenvalue weighted by atomic mass is 16.7. The van der Waals surface area contributed by atoms with Crippen molar-refractivity contribution < 1.29 is 81.0 Å². The van der Waals surface area contributed by atoms with Crippen LogP contribution in [0, 0.1) is 0 Å². The molecule has 5 unspecified atom stereocenters. The summed E-state index contributed by atoms with van der Waals surface area (Å²) >= 11 is 0. The van der Waals surface area contributed by atoms with Gasteiger partial charge in [0.05, 0.1) is 44.7 Å². The smallest absolute Gasteiger partial charge is 0.187 e. The van der Waals surface area contributed by atoms with Crippen molar-refractivity contribution in [2.24, 2.45) is 0 Å². The highest BCUT2D eigenvalue weighted by Crippen LogP contribution is 2.28. The van der Waals surface area contributed by atoms with Gasteiger partial charge in [0, 0.05) is 12.8 Å². The van der Waals surface area contributed by atoms with E-state index in [0.717, 1.165) is 0 Å². The molecule has 3 aliphatic heterocycles. The number of hydrogen-bond donors (Lipinski definition) is 10. The van der Waals surface area contributed by atoms with Gasteiger partial charge < -0.3 is 81.0 Å². The minimum Gasteiger partial charge on any atom is -0.412 e. The van der Waals surface area contributed by atoms with E-state index in [-0.39, 0.29) is 36.7 Å². The fourth-order valence-corrected chi connectivity index (χ4v) is 3.55. The molecule has 3 aliphatic rings. The zero-order valence-corrected chi connectivity index (χ0v) is 18.3. The zero-order valence-electron chi connectivity index (χ0n) is 18.3. The first-order valence-corrected chi connectivity index (χ1v) is 10.3. The molecular formula is C18H38O16. The van der Waals surface area contributed by atoms with E-state index >= 15 is 0 Å². The third-order valence-corrected chi connectivity index (χ3v) is 5.50. The number of aliphatic hydroxyl groups excluding tert-OH is 10. The van der Waals surface area contributed by atoms with E-state index in [1.165, 1.54) is 0 Å². The molecule has 16 nitrogen and oxygen atoms in total. The monoisotopic (exact) mass is 510 g/mol. The average Bonchev–Trinajstić information content (AvgIpc) is 2.77. The van der Waals surface area contributed by atoms with Crippen molar-refractivity contribution in [2.45, 2.75) is 86.5 Å². The molecule has 0 spiro atoms. The van der Waals surface area contributed by atoms with Gasteiger partial charge in [0.2, 0.25) is 0 Å². The van der Waals surface area contributed by atoms with E-state index in [2.05, 4.69) is 0 Å². The van der Waals surface area contributed by atoms with Crippen molar-refractivity contribution in [1.29, 1.82) is 0 Å². The van der Waals surface area contributed by atoms with Crippen molar-refractivity contribution in [3.8, 4) is 0 Å². The summed E-state index contributed by atoms with van der Waals surface area (Å²) in [6, 6.07) is 0. The summed E-state index contributed by atoms with van der Waals surface area (Å²) < 4.78 is 20.5. The lowest BCUT2D eigenvalue weighted by Gasteiger charge is -2.44. The van der Waals surface area contributed by atoms with Gasteiger partial charge in [0.1, 0.15) is 42.7 Å². The highest BCUT2D eigenvalue weighted by Gasteiger charge is 2.47. The lowest BCUT2D eigenvalue weighted by Crippen LogP contribution is -2.62. The van der Waals surface area contributed by atoms with Crippen LogP contribution in [0.15, 0.2) is 0 Å². The van der Waals surface area contributed by atoms with Crippen LogP contribution in [-0.4, -0.2) is 162 Å². The van der Waals surface area contributed by atoms with E-state index in [1.807, 2.05) is 0 Å². The molecule has 12 atom stereocenters. The standard InChI is InChI=1S/C12H22O10.C6H12O4.2H2O/c13-2-5-8(17)9(18)10(19)12(21-5)22-11-4(15)1-7(16)20-6(11)3-14;7-2-4-1-5(8)6(9)3-10-4;;/h4-19H,1-3H2;4-9H,1-3H2;2*1H2/t4?,5?,6-,7+,8+,9-,10?,11-,12-;4?,5-,6?;;/m00../s1. The molecule has 3 rings (SSSR count). The molecule has 0 aromatic rings. The predicted octanol–water partition coefficient (Wildman–Crippen LogP) is -7.53. The summed E-state index contributed by atoms with van der Waals surface area (Å²) in [6.45, 7) is -1.15. The minimum absolute atomic E-state index is 0. The van der Waals surface area contributed by atoms with Crippen LogP contribution in [0.1, 0.15) is 12.8 Å². The van der Waals surface area contributed by atoms with Gasteiger partial charge in [-0.1, -0.05) is 0 Å². The van der Waals surface area contributed by atoms with Gasteiger partial charge in [-0.15, -0.1) is 0 Å². The Bertz CT molecular complexity index is 540. The Morgan fingerprint density at radius 3 is 1.79 bits per heavy atom. The molecule has 0 aromatic heterocycles. The Kier molecular flexibility index (Phi) is 15.2. The topological polar surface area (TPSA) is 302 Å². The minimum atomic E-state index is -1.63. The van der Waals surface area contributed by atoms with Crippen molar-refractivity contribution in [1.82, 2.24) is 0 Å². The maximum Gasteiger partial charge on any atom is 0.187 e. The van der Waals surface area contributed by atoms with Crippen LogP contribution in [0.3, 0.4) is 0 Å².